The summed E-state index contributed by atoms with van der Waals surface area (Å²) >= 11 is 6.22. The van der Waals surface area contributed by atoms with Crippen molar-refractivity contribution in [2.24, 2.45) is 0 Å². The van der Waals surface area contributed by atoms with Crippen molar-refractivity contribution in [1.29, 1.82) is 0 Å². The highest BCUT2D eigenvalue weighted by molar-refractivity contribution is 6.33. The van der Waals surface area contributed by atoms with Crippen molar-refractivity contribution in [2.45, 2.75) is 39.2 Å². The Morgan fingerprint density at radius 2 is 2.05 bits per heavy atom. The number of unbranched alkanes of at least 4 members (excludes halogenated alkanes) is 3. The van der Waals surface area contributed by atoms with E-state index in [0.717, 1.165) is 31.2 Å². The van der Waals surface area contributed by atoms with Gasteiger partial charge in [-0.3, -0.25) is 4.79 Å². The molecule has 0 radical (unpaired) electrons. The van der Waals surface area contributed by atoms with Crippen LogP contribution in [0.5, 0.6) is 0 Å². The second kappa shape index (κ2) is 7.20. The van der Waals surface area contributed by atoms with Crippen molar-refractivity contribution < 1.29 is 4.79 Å². The molecule has 20 heavy (non-hydrogen) atoms. The zero-order chi connectivity index (χ0) is 14.4. The van der Waals surface area contributed by atoms with Gasteiger partial charge in [0.2, 0.25) is 0 Å². The van der Waals surface area contributed by atoms with Crippen LogP contribution in [0.15, 0.2) is 24.3 Å². The first-order chi connectivity index (χ1) is 9.77. The molecule has 1 aromatic carbocycles. The highest BCUT2D eigenvalue weighted by Crippen LogP contribution is 2.29. The Kier molecular flexibility index (Phi) is 5.30. The first-order valence-corrected chi connectivity index (χ1v) is 7.29. The Hall–Kier alpha value is -1.68. The summed E-state index contributed by atoms with van der Waals surface area (Å²) in [6, 6.07) is 7.45. The molecule has 0 amide bonds. The van der Waals surface area contributed by atoms with Gasteiger partial charge in [0, 0.05) is 12.1 Å². The van der Waals surface area contributed by atoms with Crippen LogP contribution in [0.3, 0.4) is 0 Å². The van der Waals surface area contributed by atoms with Crippen molar-refractivity contribution in [2.75, 3.05) is 0 Å². The first kappa shape index (κ1) is 14.7. The molecule has 2 aromatic rings. The molecule has 4 nitrogen and oxygen atoms in total. The predicted octanol–water partition coefficient (Wildman–Crippen LogP) is 3.99. The van der Waals surface area contributed by atoms with Gasteiger partial charge in [-0.25, -0.2) is 4.68 Å². The molecular weight excluding hydrogens is 274 g/mol. The summed E-state index contributed by atoms with van der Waals surface area (Å²) in [7, 11) is 0. The molecule has 0 aliphatic rings. The third-order valence-electron chi connectivity index (χ3n) is 3.23. The van der Waals surface area contributed by atoms with Gasteiger partial charge in [-0.2, -0.15) is 0 Å². The van der Waals surface area contributed by atoms with E-state index >= 15 is 0 Å². The molecule has 2 rings (SSSR count). The zero-order valence-electron chi connectivity index (χ0n) is 11.6. The van der Waals surface area contributed by atoms with Gasteiger partial charge in [0.1, 0.15) is 5.69 Å². The van der Waals surface area contributed by atoms with Crippen LogP contribution in [-0.4, -0.2) is 21.3 Å². The van der Waals surface area contributed by atoms with E-state index < -0.39 is 0 Å². The number of carbonyl (C=O) groups is 1. The lowest BCUT2D eigenvalue weighted by Crippen LogP contribution is -2.03. The molecule has 0 saturated carbocycles. The summed E-state index contributed by atoms with van der Waals surface area (Å²) < 4.78 is 1.78. The molecule has 106 valence electrons. The maximum Gasteiger partial charge on any atom is 0.172 e. The van der Waals surface area contributed by atoms with Crippen molar-refractivity contribution in [1.82, 2.24) is 15.0 Å². The average Bonchev–Trinajstić information content (AvgIpc) is 2.87. The molecule has 0 aliphatic heterocycles. The van der Waals surface area contributed by atoms with Crippen molar-refractivity contribution in [3.05, 3.63) is 35.0 Å². The first-order valence-electron chi connectivity index (χ1n) is 6.91. The summed E-state index contributed by atoms with van der Waals surface area (Å²) in [4.78, 5) is 11.1. The fraction of sp³-hybridized carbons (Fsp3) is 0.400. The van der Waals surface area contributed by atoms with Crippen LogP contribution in [0.2, 0.25) is 5.02 Å². The number of hydrogen-bond donors (Lipinski definition) is 0. The highest BCUT2D eigenvalue weighted by Gasteiger charge is 2.16. The third kappa shape index (κ3) is 3.25. The van der Waals surface area contributed by atoms with Crippen LogP contribution < -0.4 is 0 Å². The minimum Gasteiger partial charge on any atom is -0.296 e. The minimum atomic E-state index is 0.341. The van der Waals surface area contributed by atoms with Gasteiger partial charge in [-0.05, 0) is 12.5 Å². The molecule has 0 spiro atoms. The zero-order valence-corrected chi connectivity index (χ0v) is 12.3. The molecule has 0 unspecified atom stereocenters. The highest BCUT2D eigenvalue weighted by atomic mass is 35.5. The maximum absolute atomic E-state index is 11.1. The van der Waals surface area contributed by atoms with Crippen molar-refractivity contribution in [3.63, 3.8) is 0 Å². The lowest BCUT2D eigenvalue weighted by molar-refractivity contribution is 0.111. The molecule has 0 bridgehead atoms. The standard InChI is InChI=1S/C15H18ClN3O/c1-2-3-4-7-10-19-15(14(11-20)17-18-19)12-8-5-6-9-13(12)16/h5-6,8-9,11H,2-4,7,10H2,1H3. The number of benzene rings is 1. The summed E-state index contributed by atoms with van der Waals surface area (Å²) in [6.07, 6.45) is 5.29. The molecule has 0 aliphatic carbocycles. The van der Waals surface area contributed by atoms with Gasteiger partial charge < -0.3 is 0 Å². The van der Waals surface area contributed by atoms with Crippen LogP contribution in [0.25, 0.3) is 11.3 Å². The SMILES string of the molecule is CCCCCCn1nnc(C=O)c1-c1ccccc1Cl. The topological polar surface area (TPSA) is 47.8 Å². The summed E-state index contributed by atoms with van der Waals surface area (Å²) in [6.45, 7) is 2.93. The van der Waals surface area contributed by atoms with E-state index in [2.05, 4.69) is 17.2 Å². The van der Waals surface area contributed by atoms with Gasteiger partial charge in [0.25, 0.3) is 0 Å². The lowest BCUT2D eigenvalue weighted by Gasteiger charge is -2.08. The monoisotopic (exact) mass is 291 g/mol. The molecule has 0 atom stereocenters. The second-order valence-corrected chi connectivity index (χ2v) is 5.11. The second-order valence-electron chi connectivity index (χ2n) is 4.70. The van der Waals surface area contributed by atoms with Crippen molar-refractivity contribution >= 4 is 17.9 Å². The third-order valence-corrected chi connectivity index (χ3v) is 3.55. The number of aromatic nitrogens is 3. The van der Waals surface area contributed by atoms with E-state index in [1.807, 2.05) is 18.2 Å². The fourth-order valence-electron chi connectivity index (χ4n) is 2.18. The summed E-state index contributed by atoms with van der Waals surface area (Å²) in [5.74, 6) is 0. The molecule has 1 aromatic heterocycles. The number of rotatable bonds is 7. The van der Waals surface area contributed by atoms with E-state index in [-0.39, 0.29) is 0 Å². The van der Waals surface area contributed by atoms with Crippen LogP contribution in [0.4, 0.5) is 0 Å². The van der Waals surface area contributed by atoms with Gasteiger partial charge >= 0.3 is 0 Å². The van der Waals surface area contributed by atoms with E-state index in [4.69, 9.17) is 11.6 Å². The van der Waals surface area contributed by atoms with Crippen LogP contribution in [-0.2, 0) is 6.54 Å². The Morgan fingerprint density at radius 1 is 1.25 bits per heavy atom. The lowest BCUT2D eigenvalue weighted by atomic mass is 10.1. The smallest absolute Gasteiger partial charge is 0.172 e. The molecule has 0 N–H and O–H groups in total. The number of nitrogens with zero attached hydrogens (tertiary/aromatic N) is 3. The minimum absolute atomic E-state index is 0.341. The van der Waals surface area contributed by atoms with E-state index in [1.54, 1.807) is 10.7 Å². The van der Waals surface area contributed by atoms with Crippen molar-refractivity contribution in [3.8, 4) is 11.3 Å². The fourth-order valence-corrected chi connectivity index (χ4v) is 2.41. The number of carbonyl (C=O) groups excluding carboxylic acids is 1. The van der Waals surface area contributed by atoms with Crippen LogP contribution in [0.1, 0.15) is 43.1 Å². The maximum atomic E-state index is 11.1. The van der Waals surface area contributed by atoms with Gasteiger partial charge in [0.05, 0.1) is 5.02 Å². The molecule has 0 fully saturated rings. The Labute approximate surface area is 123 Å². The number of aldehydes is 1. The van der Waals surface area contributed by atoms with Gasteiger partial charge in [0.15, 0.2) is 12.0 Å². The average molecular weight is 292 g/mol. The van der Waals surface area contributed by atoms with Gasteiger partial charge in [-0.1, -0.05) is 61.2 Å². The molecule has 5 heteroatoms. The number of hydrogen-bond acceptors (Lipinski definition) is 3. The van der Waals surface area contributed by atoms with E-state index in [9.17, 15) is 4.79 Å². The van der Waals surface area contributed by atoms with Crippen LogP contribution >= 0.6 is 11.6 Å². The normalized spacial score (nSPS) is 10.7. The quantitative estimate of drug-likeness (QED) is 0.572. The van der Waals surface area contributed by atoms with E-state index in [1.165, 1.54) is 12.8 Å². The van der Waals surface area contributed by atoms with Crippen LogP contribution in [0, 0.1) is 0 Å². The number of halogens is 1. The van der Waals surface area contributed by atoms with E-state index in [0.29, 0.717) is 16.4 Å². The Bertz CT molecular complexity index is 580. The molecular formula is C15H18ClN3O. The summed E-state index contributed by atoms with van der Waals surface area (Å²) in [5, 5.41) is 8.62. The molecule has 1 heterocycles. The largest absolute Gasteiger partial charge is 0.296 e. The molecule has 0 saturated heterocycles. The van der Waals surface area contributed by atoms with Gasteiger partial charge in [-0.15, -0.1) is 5.10 Å². The number of aryl methyl sites for hydroxylation is 1. The Morgan fingerprint density at radius 3 is 2.75 bits per heavy atom. The Balaban J connectivity index is 2.28. The summed E-state index contributed by atoms with van der Waals surface area (Å²) in [5.41, 5.74) is 1.85. The predicted molar refractivity (Wildman–Crippen MR) is 80.0 cm³/mol.